The van der Waals surface area contributed by atoms with E-state index in [4.69, 9.17) is 4.74 Å². The third-order valence-corrected chi connectivity index (χ3v) is 5.33. The summed E-state index contributed by atoms with van der Waals surface area (Å²) in [6.07, 6.45) is 2.13. The lowest BCUT2D eigenvalue weighted by Crippen LogP contribution is -2.27. The molecule has 22 heavy (non-hydrogen) atoms. The van der Waals surface area contributed by atoms with E-state index in [1.807, 2.05) is 31.3 Å². The van der Waals surface area contributed by atoms with E-state index in [1.54, 1.807) is 11.3 Å². The van der Waals surface area contributed by atoms with E-state index in [0.717, 1.165) is 42.2 Å². The van der Waals surface area contributed by atoms with Crippen LogP contribution in [0.15, 0.2) is 24.4 Å². The van der Waals surface area contributed by atoms with E-state index in [2.05, 4.69) is 25.4 Å². The van der Waals surface area contributed by atoms with Crippen molar-refractivity contribution in [2.75, 3.05) is 36.5 Å². The van der Waals surface area contributed by atoms with Crippen molar-refractivity contribution < 1.29 is 4.74 Å². The molecule has 2 saturated heterocycles. The molecule has 4 heterocycles. The van der Waals surface area contributed by atoms with E-state index < -0.39 is 0 Å². The topological polar surface area (TPSA) is 63.2 Å². The average molecular weight is 317 g/mol. The van der Waals surface area contributed by atoms with Crippen LogP contribution in [0.2, 0.25) is 0 Å². The zero-order valence-corrected chi connectivity index (χ0v) is 13.3. The molecule has 0 amide bonds. The second kappa shape index (κ2) is 5.81. The Hall–Kier alpha value is -1.73. The lowest BCUT2D eigenvalue weighted by atomic mass is 9.93. The number of rotatable bonds is 4. The summed E-state index contributed by atoms with van der Waals surface area (Å²) in [6.45, 7) is 5.67. The van der Waals surface area contributed by atoms with Gasteiger partial charge in [-0.05, 0) is 19.1 Å². The second-order valence-electron chi connectivity index (χ2n) is 5.90. The smallest absolute Gasteiger partial charge is 0.208 e. The number of aromatic nitrogens is 3. The van der Waals surface area contributed by atoms with Gasteiger partial charge in [-0.25, -0.2) is 4.98 Å². The van der Waals surface area contributed by atoms with Crippen molar-refractivity contribution in [1.82, 2.24) is 15.2 Å². The van der Waals surface area contributed by atoms with Crippen LogP contribution in [0.3, 0.4) is 0 Å². The normalized spacial score (nSPS) is 27.1. The highest BCUT2D eigenvalue weighted by Crippen LogP contribution is 2.36. The van der Waals surface area contributed by atoms with Gasteiger partial charge in [0.2, 0.25) is 5.13 Å². The van der Waals surface area contributed by atoms with Crippen LogP contribution in [0.5, 0.6) is 0 Å². The maximum atomic E-state index is 5.99. The number of anilines is 2. The molecular weight excluding hydrogens is 298 g/mol. The molecule has 0 saturated carbocycles. The van der Waals surface area contributed by atoms with Crippen molar-refractivity contribution in [3.8, 4) is 0 Å². The number of ether oxygens (including phenoxy) is 1. The minimum absolute atomic E-state index is 0.319. The molecule has 6 nitrogen and oxygen atoms in total. The van der Waals surface area contributed by atoms with Crippen LogP contribution in [0, 0.1) is 18.8 Å². The standard InChI is InChI=1S/C15H19N5OS/c1-10-18-19-15(22-10)20-7-12-11(9-21-13(12)8-20)6-17-14-4-2-3-5-16-14/h2-5,11-13H,6-9H2,1H3,(H,16,17)/t11-,12+,13+/m1/s1. The van der Waals surface area contributed by atoms with Gasteiger partial charge in [0.05, 0.1) is 12.7 Å². The number of hydrogen-bond acceptors (Lipinski definition) is 7. The molecule has 2 aromatic rings. The maximum absolute atomic E-state index is 5.99. The van der Waals surface area contributed by atoms with Gasteiger partial charge >= 0.3 is 0 Å². The summed E-state index contributed by atoms with van der Waals surface area (Å²) in [5.74, 6) is 2.01. The van der Waals surface area contributed by atoms with E-state index in [9.17, 15) is 0 Å². The summed E-state index contributed by atoms with van der Waals surface area (Å²) >= 11 is 1.66. The first-order valence-electron chi connectivity index (χ1n) is 7.61. The van der Waals surface area contributed by atoms with Crippen LogP contribution in [0.4, 0.5) is 10.9 Å². The largest absolute Gasteiger partial charge is 0.376 e. The molecule has 1 N–H and O–H groups in total. The highest BCUT2D eigenvalue weighted by Gasteiger charge is 2.44. The Labute approximate surface area is 133 Å². The average Bonchev–Trinajstić information content (AvgIpc) is 3.21. The first kappa shape index (κ1) is 13.9. The molecule has 0 bridgehead atoms. The molecule has 116 valence electrons. The fourth-order valence-electron chi connectivity index (χ4n) is 3.28. The number of nitrogens with one attached hydrogen (secondary N) is 1. The van der Waals surface area contributed by atoms with Crippen molar-refractivity contribution >= 4 is 22.3 Å². The fraction of sp³-hybridized carbons (Fsp3) is 0.533. The second-order valence-corrected chi connectivity index (χ2v) is 7.06. The van der Waals surface area contributed by atoms with Crippen molar-refractivity contribution in [2.24, 2.45) is 11.8 Å². The predicted octanol–water partition coefficient (Wildman–Crippen LogP) is 1.80. The molecule has 0 radical (unpaired) electrons. The summed E-state index contributed by atoms with van der Waals surface area (Å²) in [5.41, 5.74) is 0. The van der Waals surface area contributed by atoms with Crippen LogP contribution in [-0.4, -0.2) is 47.5 Å². The molecule has 0 aromatic carbocycles. The molecular formula is C15H19N5OS. The van der Waals surface area contributed by atoms with Crippen molar-refractivity contribution in [1.29, 1.82) is 0 Å². The Morgan fingerprint density at radius 1 is 1.36 bits per heavy atom. The third-order valence-electron chi connectivity index (χ3n) is 4.44. The fourth-order valence-corrected chi connectivity index (χ4v) is 3.99. The Morgan fingerprint density at radius 2 is 2.32 bits per heavy atom. The van der Waals surface area contributed by atoms with Gasteiger partial charge in [-0.1, -0.05) is 17.4 Å². The Morgan fingerprint density at radius 3 is 3.09 bits per heavy atom. The lowest BCUT2D eigenvalue weighted by molar-refractivity contribution is 0.111. The van der Waals surface area contributed by atoms with E-state index in [1.165, 1.54) is 0 Å². The summed E-state index contributed by atoms with van der Waals surface area (Å²) in [4.78, 5) is 6.62. The van der Waals surface area contributed by atoms with Gasteiger partial charge in [0.25, 0.3) is 0 Å². The molecule has 7 heteroatoms. The molecule has 0 aliphatic carbocycles. The minimum Gasteiger partial charge on any atom is -0.376 e. The highest BCUT2D eigenvalue weighted by atomic mass is 32.1. The summed E-state index contributed by atoms with van der Waals surface area (Å²) in [5, 5.41) is 13.8. The first-order valence-corrected chi connectivity index (χ1v) is 8.43. The molecule has 2 aromatic heterocycles. The van der Waals surface area contributed by atoms with E-state index in [-0.39, 0.29) is 0 Å². The van der Waals surface area contributed by atoms with Crippen molar-refractivity contribution in [3.05, 3.63) is 29.4 Å². The molecule has 2 aliphatic rings. The molecule has 4 rings (SSSR count). The van der Waals surface area contributed by atoms with Crippen molar-refractivity contribution in [2.45, 2.75) is 13.0 Å². The number of nitrogens with zero attached hydrogens (tertiary/aromatic N) is 4. The van der Waals surface area contributed by atoms with Gasteiger partial charge < -0.3 is 15.0 Å². The Kier molecular flexibility index (Phi) is 3.67. The van der Waals surface area contributed by atoms with E-state index >= 15 is 0 Å². The van der Waals surface area contributed by atoms with Crippen LogP contribution in [0.25, 0.3) is 0 Å². The summed E-state index contributed by atoms with van der Waals surface area (Å²) < 4.78 is 5.99. The number of hydrogen-bond donors (Lipinski definition) is 1. The van der Waals surface area contributed by atoms with Crippen LogP contribution in [-0.2, 0) is 4.74 Å². The molecule has 0 unspecified atom stereocenters. The van der Waals surface area contributed by atoms with Crippen molar-refractivity contribution in [3.63, 3.8) is 0 Å². The van der Waals surface area contributed by atoms with Gasteiger partial charge in [-0.2, -0.15) is 0 Å². The zero-order chi connectivity index (χ0) is 14.9. The quantitative estimate of drug-likeness (QED) is 0.928. The van der Waals surface area contributed by atoms with Crippen LogP contribution >= 0.6 is 11.3 Å². The lowest BCUT2D eigenvalue weighted by Gasteiger charge is -2.19. The van der Waals surface area contributed by atoms with Gasteiger partial charge in [0.1, 0.15) is 10.8 Å². The van der Waals surface area contributed by atoms with Gasteiger partial charge in [0, 0.05) is 37.7 Å². The Balaban J connectivity index is 1.38. The van der Waals surface area contributed by atoms with Crippen LogP contribution < -0.4 is 10.2 Å². The van der Waals surface area contributed by atoms with Gasteiger partial charge in [-0.15, -0.1) is 10.2 Å². The third kappa shape index (κ3) is 2.66. The van der Waals surface area contributed by atoms with Gasteiger partial charge in [-0.3, -0.25) is 0 Å². The number of fused-ring (bicyclic) bond motifs is 1. The monoisotopic (exact) mass is 317 g/mol. The number of pyridine rings is 1. The Bertz CT molecular complexity index is 634. The van der Waals surface area contributed by atoms with E-state index in [0.29, 0.717) is 17.9 Å². The molecule has 2 aliphatic heterocycles. The number of aryl methyl sites for hydroxylation is 1. The molecule has 3 atom stereocenters. The van der Waals surface area contributed by atoms with Gasteiger partial charge in [0.15, 0.2) is 0 Å². The SMILES string of the molecule is Cc1nnc(N2C[C@H]3[C@H](CNc4ccccn4)CO[C@H]3C2)s1. The zero-order valence-electron chi connectivity index (χ0n) is 12.5. The predicted molar refractivity (Wildman–Crippen MR) is 86.3 cm³/mol. The minimum atomic E-state index is 0.319. The maximum Gasteiger partial charge on any atom is 0.208 e. The molecule has 0 spiro atoms. The van der Waals surface area contributed by atoms with Crippen LogP contribution in [0.1, 0.15) is 5.01 Å². The first-order chi connectivity index (χ1) is 10.8. The highest BCUT2D eigenvalue weighted by molar-refractivity contribution is 7.15. The summed E-state index contributed by atoms with van der Waals surface area (Å²) in [7, 11) is 0. The molecule has 2 fully saturated rings. The summed E-state index contributed by atoms with van der Waals surface area (Å²) in [6, 6.07) is 5.93.